The maximum Gasteiger partial charge on any atom is 0.311 e. The predicted octanol–water partition coefficient (Wildman–Crippen LogP) is 2.53. The Morgan fingerprint density at radius 1 is 1.58 bits per heavy atom. The molecule has 1 aliphatic carbocycles. The van der Waals surface area contributed by atoms with E-state index in [9.17, 15) is 10.1 Å². The van der Waals surface area contributed by atoms with E-state index in [4.69, 9.17) is 4.74 Å². The summed E-state index contributed by atoms with van der Waals surface area (Å²) in [6.07, 6.45) is 5.02. The molecule has 1 N–H and O–H groups in total. The fourth-order valence-electron chi connectivity index (χ4n) is 1.74. The summed E-state index contributed by atoms with van der Waals surface area (Å²) >= 11 is 0. The van der Waals surface area contributed by atoms with Crippen molar-refractivity contribution in [3.63, 3.8) is 0 Å². The van der Waals surface area contributed by atoms with E-state index < -0.39 is 4.92 Å². The van der Waals surface area contributed by atoms with Gasteiger partial charge in [0, 0.05) is 32.0 Å². The molecule has 1 aliphatic rings. The van der Waals surface area contributed by atoms with Crippen LogP contribution < -0.4 is 5.32 Å². The van der Waals surface area contributed by atoms with Gasteiger partial charge in [0.25, 0.3) is 0 Å². The van der Waals surface area contributed by atoms with Gasteiger partial charge in [-0.3, -0.25) is 10.1 Å². The molecule has 1 aromatic rings. The van der Waals surface area contributed by atoms with Gasteiger partial charge in [-0.2, -0.15) is 0 Å². The molecule has 0 radical (unpaired) electrons. The maximum absolute atomic E-state index is 10.9. The van der Waals surface area contributed by atoms with Crippen molar-refractivity contribution in [3.05, 3.63) is 27.9 Å². The Morgan fingerprint density at radius 3 is 3.05 bits per heavy atom. The number of nitrogens with zero attached hydrogens (tertiary/aromatic N) is 2. The van der Waals surface area contributed by atoms with Gasteiger partial charge in [-0.25, -0.2) is 4.98 Å². The van der Waals surface area contributed by atoms with Crippen LogP contribution in [0.5, 0.6) is 0 Å². The standard InChI is InChI=1S/C13H19N3O3/c1-10-7-12(16(17)18)13(15-8-10)14-5-2-6-19-9-11-3-4-11/h7-8,11H,2-6,9H2,1H3,(H,14,15). The van der Waals surface area contributed by atoms with Gasteiger partial charge < -0.3 is 10.1 Å². The van der Waals surface area contributed by atoms with Crippen molar-refractivity contribution < 1.29 is 9.66 Å². The Labute approximate surface area is 112 Å². The molecule has 1 fully saturated rings. The van der Waals surface area contributed by atoms with E-state index in [0.29, 0.717) is 19.0 Å². The first-order valence-electron chi connectivity index (χ1n) is 6.59. The lowest BCUT2D eigenvalue weighted by molar-refractivity contribution is -0.384. The number of anilines is 1. The van der Waals surface area contributed by atoms with Gasteiger partial charge >= 0.3 is 5.69 Å². The zero-order valence-corrected chi connectivity index (χ0v) is 11.1. The predicted molar refractivity (Wildman–Crippen MR) is 72.3 cm³/mol. The number of aromatic nitrogens is 1. The lowest BCUT2D eigenvalue weighted by atomic mass is 10.3. The second-order valence-electron chi connectivity index (χ2n) is 4.94. The van der Waals surface area contributed by atoms with E-state index in [-0.39, 0.29) is 5.69 Å². The van der Waals surface area contributed by atoms with Crippen LogP contribution in [0.25, 0.3) is 0 Å². The van der Waals surface area contributed by atoms with Gasteiger partial charge in [-0.15, -0.1) is 0 Å². The molecule has 6 heteroatoms. The van der Waals surface area contributed by atoms with Gasteiger partial charge in [0.15, 0.2) is 0 Å². The number of nitro groups is 1. The zero-order valence-electron chi connectivity index (χ0n) is 11.1. The van der Waals surface area contributed by atoms with Crippen LogP contribution >= 0.6 is 0 Å². The number of ether oxygens (including phenoxy) is 1. The molecule has 0 aliphatic heterocycles. The van der Waals surface area contributed by atoms with Crippen LogP contribution in [-0.2, 0) is 4.74 Å². The minimum atomic E-state index is -0.411. The third-order valence-electron chi connectivity index (χ3n) is 3.01. The number of hydrogen-bond donors (Lipinski definition) is 1. The number of hydrogen-bond acceptors (Lipinski definition) is 5. The number of aryl methyl sites for hydroxylation is 1. The summed E-state index contributed by atoms with van der Waals surface area (Å²) in [5.41, 5.74) is 0.809. The van der Waals surface area contributed by atoms with E-state index in [1.165, 1.54) is 18.9 Å². The van der Waals surface area contributed by atoms with Gasteiger partial charge in [0.1, 0.15) is 0 Å². The highest BCUT2D eigenvalue weighted by Gasteiger charge is 2.20. The van der Waals surface area contributed by atoms with Crippen molar-refractivity contribution in [3.8, 4) is 0 Å². The maximum atomic E-state index is 10.9. The Morgan fingerprint density at radius 2 is 2.37 bits per heavy atom. The van der Waals surface area contributed by atoms with Crippen molar-refractivity contribution in [2.75, 3.05) is 25.1 Å². The highest BCUT2D eigenvalue weighted by molar-refractivity contribution is 5.56. The molecule has 104 valence electrons. The van der Waals surface area contributed by atoms with Gasteiger partial charge in [-0.1, -0.05) is 0 Å². The molecular formula is C13H19N3O3. The second kappa shape index (κ2) is 6.47. The molecule has 0 amide bonds. The van der Waals surface area contributed by atoms with Crippen molar-refractivity contribution in [2.45, 2.75) is 26.2 Å². The molecule has 0 bridgehead atoms. The molecular weight excluding hydrogens is 246 g/mol. The Kier molecular flexibility index (Phi) is 4.68. The summed E-state index contributed by atoms with van der Waals surface area (Å²) in [4.78, 5) is 14.5. The Hall–Kier alpha value is -1.69. The van der Waals surface area contributed by atoms with Crippen molar-refractivity contribution >= 4 is 11.5 Å². The van der Waals surface area contributed by atoms with Crippen molar-refractivity contribution in [1.82, 2.24) is 4.98 Å². The summed E-state index contributed by atoms with van der Waals surface area (Å²) in [5.74, 6) is 1.10. The van der Waals surface area contributed by atoms with Gasteiger partial charge in [-0.05, 0) is 37.7 Å². The quantitative estimate of drug-likeness (QED) is 0.444. The largest absolute Gasteiger partial charge is 0.381 e. The van der Waals surface area contributed by atoms with Gasteiger partial charge in [0.05, 0.1) is 4.92 Å². The van der Waals surface area contributed by atoms with Crippen LogP contribution in [0.3, 0.4) is 0 Å². The van der Waals surface area contributed by atoms with Crippen LogP contribution in [-0.4, -0.2) is 29.7 Å². The van der Waals surface area contributed by atoms with Crippen molar-refractivity contribution in [1.29, 1.82) is 0 Å². The topological polar surface area (TPSA) is 77.3 Å². The molecule has 0 unspecified atom stereocenters. The Bertz CT molecular complexity index is 447. The van der Waals surface area contributed by atoms with E-state index >= 15 is 0 Å². The van der Waals surface area contributed by atoms with E-state index in [1.807, 2.05) is 0 Å². The fourth-order valence-corrected chi connectivity index (χ4v) is 1.74. The minimum Gasteiger partial charge on any atom is -0.381 e. The van der Waals surface area contributed by atoms with Crippen LogP contribution in [0.2, 0.25) is 0 Å². The molecule has 19 heavy (non-hydrogen) atoms. The normalized spacial score (nSPS) is 14.4. The highest BCUT2D eigenvalue weighted by atomic mass is 16.6. The molecule has 1 aromatic heterocycles. The van der Waals surface area contributed by atoms with E-state index in [1.54, 1.807) is 13.1 Å². The third-order valence-corrected chi connectivity index (χ3v) is 3.01. The molecule has 0 aromatic carbocycles. The molecule has 6 nitrogen and oxygen atoms in total. The van der Waals surface area contributed by atoms with Crippen LogP contribution in [0.1, 0.15) is 24.8 Å². The molecule has 0 saturated heterocycles. The average molecular weight is 265 g/mol. The minimum absolute atomic E-state index is 0.0268. The van der Waals surface area contributed by atoms with Crippen LogP contribution in [0, 0.1) is 23.0 Å². The second-order valence-corrected chi connectivity index (χ2v) is 4.94. The zero-order chi connectivity index (χ0) is 13.7. The first-order chi connectivity index (χ1) is 9.16. The summed E-state index contributed by atoms with van der Waals surface area (Å²) in [6.45, 7) is 3.95. The number of pyridine rings is 1. The SMILES string of the molecule is Cc1cnc(NCCCOCC2CC2)c([N+](=O)[O-])c1. The summed E-state index contributed by atoms with van der Waals surface area (Å²) in [7, 11) is 0. The summed E-state index contributed by atoms with van der Waals surface area (Å²) < 4.78 is 5.50. The fraction of sp³-hybridized carbons (Fsp3) is 0.615. The lowest BCUT2D eigenvalue weighted by Gasteiger charge is -2.07. The first-order valence-corrected chi connectivity index (χ1v) is 6.59. The summed E-state index contributed by atoms with van der Waals surface area (Å²) in [6, 6.07) is 1.53. The number of nitrogens with one attached hydrogen (secondary N) is 1. The first kappa shape index (κ1) is 13.7. The van der Waals surface area contributed by atoms with Gasteiger partial charge in [0.2, 0.25) is 5.82 Å². The summed E-state index contributed by atoms with van der Waals surface area (Å²) in [5, 5.41) is 13.9. The monoisotopic (exact) mass is 265 g/mol. The molecule has 0 spiro atoms. The van der Waals surface area contributed by atoms with E-state index in [0.717, 1.165) is 24.5 Å². The van der Waals surface area contributed by atoms with E-state index in [2.05, 4.69) is 10.3 Å². The van der Waals surface area contributed by atoms with Crippen LogP contribution in [0.15, 0.2) is 12.3 Å². The highest BCUT2D eigenvalue weighted by Crippen LogP contribution is 2.28. The molecule has 1 saturated carbocycles. The smallest absolute Gasteiger partial charge is 0.311 e. The van der Waals surface area contributed by atoms with Crippen molar-refractivity contribution in [2.24, 2.45) is 5.92 Å². The number of rotatable bonds is 8. The molecule has 2 rings (SSSR count). The van der Waals surface area contributed by atoms with Crippen LogP contribution in [0.4, 0.5) is 11.5 Å². The third kappa shape index (κ3) is 4.48. The Balaban J connectivity index is 1.73. The molecule has 0 atom stereocenters. The molecule has 1 heterocycles. The lowest BCUT2D eigenvalue weighted by Crippen LogP contribution is -2.09. The average Bonchev–Trinajstić information content (AvgIpc) is 3.19.